The minimum atomic E-state index is -0.0997. The first-order valence-corrected chi connectivity index (χ1v) is 10.7. The number of halogens is 1. The number of rotatable bonds is 5. The fraction of sp³-hybridized carbons (Fsp3) is 0.364. The summed E-state index contributed by atoms with van der Waals surface area (Å²) in [5.74, 6) is -0.0997. The summed E-state index contributed by atoms with van der Waals surface area (Å²) < 4.78 is 0. The molecule has 7 heteroatoms. The number of hydrogen-bond donors (Lipinski definition) is 3. The lowest BCUT2D eigenvalue weighted by atomic mass is 9.94. The minimum Gasteiger partial charge on any atom is -0.370 e. The summed E-state index contributed by atoms with van der Waals surface area (Å²) in [5.41, 5.74) is 3.46. The van der Waals surface area contributed by atoms with Crippen LogP contribution in [0.2, 0.25) is 5.02 Å². The molecule has 3 N–H and O–H groups in total. The molecule has 3 rings (SSSR count). The molecule has 1 amide bonds. The third-order valence-electron chi connectivity index (χ3n) is 5.17. The number of nitrogens with zero attached hydrogens (tertiary/aromatic N) is 1. The van der Waals surface area contributed by atoms with Crippen LogP contribution >= 0.6 is 23.8 Å². The SMILES string of the molecule is CC(=O)Nc1ccc(NC(=S)Nc2ccc(N(C)C3CCCCC3)c(Cl)c2)cc1. The van der Waals surface area contributed by atoms with Gasteiger partial charge in [-0.25, -0.2) is 0 Å². The molecule has 0 unspecified atom stereocenters. The second kappa shape index (κ2) is 9.94. The zero-order valence-corrected chi connectivity index (χ0v) is 18.4. The zero-order valence-electron chi connectivity index (χ0n) is 16.8. The molecule has 2 aromatic rings. The number of carbonyl (C=O) groups excluding carboxylic acids is 1. The summed E-state index contributed by atoms with van der Waals surface area (Å²) in [6.07, 6.45) is 6.36. The van der Waals surface area contributed by atoms with Gasteiger partial charge in [-0.2, -0.15) is 0 Å². The van der Waals surface area contributed by atoms with Gasteiger partial charge in [-0.15, -0.1) is 0 Å². The highest BCUT2D eigenvalue weighted by Gasteiger charge is 2.20. The van der Waals surface area contributed by atoms with Crippen molar-refractivity contribution in [1.29, 1.82) is 0 Å². The van der Waals surface area contributed by atoms with Gasteiger partial charge < -0.3 is 20.9 Å². The molecule has 2 aromatic carbocycles. The molecule has 1 aliphatic rings. The van der Waals surface area contributed by atoms with Crippen molar-refractivity contribution >= 4 is 57.6 Å². The van der Waals surface area contributed by atoms with E-state index in [1.54, 1.807) is 0 Å². The van der Waals surface area contributed by atoms with E-state index in [0.717, 1.165) is 22.7 Å². The predicted octanol–water partition coefficient (Wildman–Crippen LogP) is 5.88. The van der Waals surface area contributed by atoms with Crippen molar-refractivity contribution < 1.29 is 4.79 Å². The monoisotopic (exact) mass is 430 g/mol. The van der Waals surface area contributed by atoms with E-state index in [1.807, 2.05) is 42.5 Å². The summed E-state index contributed by atoms with van der Waals surface area (Å²) in [4.78, 5) is 13.4. The van der Waals surface area contributed by atoms with Gasteiger partial charge in [0.2, 0.25) is 5.91 Å². The fourth-order valence-corrected chi connectivity index (χ4v) is 4.22. The summed E-state index contributed by atoms with van der Waals surface area (Å²) in [6, 6.07) is 13.9. The summed E-state index contributed by atoms with van der Waals surface area (Å²) in [5, 5.41) is 10.2. The van der Waals surface area contributed by atoms with Crippen molar-refractivity contribution in [3.05, 3.63) is 47.5 Å². The van der Waals surface area contributed by atoms with Gasteiger partial charge in [0.25, 0.3) is 0 Å². The standard InChI is InChI=1S/C22H27ClN4OS/c1-15(28)24-16-8-10-17(11-9-16)25-22(29)26-18-12-13-21(20(23)14-18)27(2)19-6-4-3-5-7-19/h8-14,19H,3-7H2,1-2H3,(H,24,28)(H2,25,26,29). The van der Waals surface area contributed by atoms with Crippen LogP contribution in [0.4, 0.5) is 22.7 Å². The lowest BCUT2D eigenvalue weighted by molar-refractivity contribution is -0.114. The maximum atomic E-state index is 11.1. The third kappa shape index (κ3) is 6.08. The van der Waals surface area contributed by atoms with Crippen molar-refractivity contribution in [2.45, 2.75) is 45.1 Å². The molecule has 154 valence electrons. The number of anilines is 4. The average molecular weight is 431 g/mol. The van der Waals surface area contributed by atoms with Gasteiger partial charge in [0, 0.05) is 37.1 Å². The lowest BCUT2D eigenvalue weighted by Crippen LogP contribution is -2.33. The fourth-order valence-electron chi connectivity index (χ4n) is 3.67. The number of benzene rings is 2. The van der Waals surface area contributed by atoms with Crippen molar-refractivity contribution in [2.75, 3.05) is 27.9 Å². The Morgan fingerprint density at radius 1 is 0.966 bits per heavy atom. The van der Waals surface area contributed by atoms with Gasteiger partial charge >= 0.3 is 0 Å². The average Bonchev–Trinajstić information content (AvgIpc) is 2.69. The summed E-state index contributed by atoms with van der Waals surface area (Å²) >= 11 is 12.0. The molecule has 1 saturated carbocycles. The van der Waals surface area contributed by atoms with Crippen LogP contribution in [0.15, 0.2) is 42.5 Å². The zero-order chi connectivity index (χ0) is 20.8. The Labute approximate surface area is 182 Å². The van der Waals surface area contributed by atoms with Gasteiger partial charge in [-0.1, -0.05) is 30.9 Å². The van der Waals surface area contributed by atoms with Crippen LogP contribution in [0.25, 0.3) is 0 Å². The van der Waals surface area contributed by atoms with Crippen LogP contribution in [0.5, 0.6) is 0 Å². The van der Waals surface area contributed by atoms with Crippen LogP contribution in [0.1, 0.15) is 39.0 Å². The molecule has 0 spiro atoms. The lowest BCUT2D eigenvalue weighted by Gasteiger charge is -2.33. The van der Waals surface area contributed by atoms with Crippen LogP contribution in [0.3, 0.4) is 0 Å². The second-order valence-electron chi connectivity index (χ2n) is 7.41. The van der Waals surface area contributed by atoms with E-state index in [0.29, 0.717) is 16.2 Å². The number of carbonyl (C=O) groups is 1. The quantitative estimate of drug-likeness (QED) is 0.517. The Balaban J connectivity index is 1.59. The van der Waals surface area contributed by atoms with E-state index >= 15 is 0 Å². The van der Waals surface area contributed by atoms with Gasteiger partial charge in [0.1, 0.15) is 0 Å². The molecule has 0 atom stereocenters. The van der Waals surface area contributed by atoms with Crippen LogP contribution < -0.4 is 20.9 Å². The van der Waals surface area contributed by atoms with Gasteiger partial charge in [-0.05, 0) is 67.5 Å². The summed E-state index contributed by atoms with van der Waals surface area (Å²) in [7, 11) is 2.13. The predicted molar refractivity (Wildman–Crippen MR) is 127 cm³/mol. The van der Waals surface area contributed by atoms with E-state index < -0.39 is 0 Å². The van der Waals surface area contributed by atoms with Gasteiger partial charge in [-0.3, -0.25) is 4.79 Å². The number of amides is 1. The molecule has 1 aliphatic carbocycles. The molecule has 0 saturated heterocycles. The van der Waals surface area contributed by atoms with Crippen molar-refractivity contribution in [1.82, 2.24) is 0 Å². The Morgan fingerprint density at radius 3 is 2.10 bits per heavy atom. The van der Waals surface area contributed by atoms with Crippen molar-refractivity contribution in [3.8, 4) is 0 Å². The third-order valence-corrected chi connectivity index (χ3v) is 5.68. The number of thiocarbonyl (C=S) groups is 1. The molecule has 0 aliphatic heterocycles. The highest BCUT2D eigenvalue weighted by atomic mass is 35.5. The Morgan fingerprint density at radius 2 is 1.52 bits per heavy atom. The maximum absolute atomic E-state index is 11.1. The van der Waals surface area contributed by atoms with Gasteiger partial charge in [0.05, 0.1) is 10.7 Å². The molecule has 5 nitrogen and oxygen atoms in total. The molecular weight excluding hydrogens is 404 g/mol. The van der Waals surface area contributed by atoms with Crippen molar-refractivity contribution in [3.63, 3.8) is 0 Å². The Hall–Kier alpha value is -2.31. The normalized spacial score (nSPS) is 14.2. The van der Waals surface area contributed by atoms with Crippen molar-refractivity contribution in [2.24, 2.45) is 0 Å². The van der Waals surface area contributed by atoms with Crippen LogP contribution in [-0.4, -0.2) is 24.1 Å². The molecular formula is C22H27ClN4OS. The Kier molecular flexibility index (Phi) is 7.34. The van der Waals surface area contributed by atoms with E-state index in [4.69, 9.17) is 23.8 Å². The second-order valence-corrected chi connectivity index (χ2v) is 8.22. The van der Waals surface area contributed by atoms with E-state index in [2.05, 4.69) is 27.9 Å². The first-order chi connectivity index (χ1) is 13.9. The molecule has 0 bridgehead atoms. The maximum Gasteiger partial charge on any atom is 0.221 e. The number of hydrogen-bond acceptors (Lipinski definition) is 3. The minimum absolute atomic E-state index is 0.0997. The van der Waals surface area contributed by atoms with Gasteiger partial charge in [0.15, 0.2) is 5.11 Å². The topological polar surface area (TPSA) is 56.4 Å². The van der Waals surface area contributed by atoms with E-state index in [9.17, 15) is 4.79 Å². The molecule has 1 fully saturated rings. The van der Waals surface area contributed by atoms with Crippen LogP contribution in [-0.2, 0) is 4.79 Å². The van der Waals surface area contributed by atoms with E-state index in [1.165, 1.54) is 39.0 Å². The molecule has 0 heterocycles. The number of nitrogens with one attached hydrogen (secondary N) is 3. The highest BCUT2D eigenvalue weighted by molar-refractivity contribution is 7.80. The van der Waals surface area contributed by atoms with Crippen LogP contribution in [0, 0.1) is 0 Å². The first kappa shape index (κ1) is 21.4. The van der Waals surface area contributed by atoms with E-state index in [-0.39, 0.29) is 5.91 Å². The highest BCUT2D eigenvalue weighted by Crippen LogP contribution is 2.33. The largest absolute Gasteiger partial charge is 0.370 e. The molecule has 29 heavy (non-hydrogen) atoms. The first-order valence-electron chi connectivity index (χ1n) is 9.90. The molecule has 0 radical (unpaired) electrons. The summed E-state index contributed by atoms with van der Waals surface area (Å²) in [6.45, 7) is 1.48. The molecule has 0 aromatic heterocycles. The smallest absolute Gasteiger partial charge is 0.221 e. The Bertz CT molecular complexity index is 866.